The topological polar surface area (TPSA) is 29.5 Å². The standard InChI is InChI=1S/C15H15ClO2/c1-10(2)18-13-6-3-11(4-7-13)12-5-8-14(16)15(17)9-12/h3-10,17H,1-2H3. The zero-order valence-electron chi connectivity index (χ0n) is 10.4. The highest BCUT2D eigenvalue weighted by Crippen LogP contribution is 2.30. The van der Waals surface area contributed by atoms with Crippen LogP contribution in [0, 0.1) is 0 Å². The van der Waals surface area contributed by atoms with E-state index in [2.05, 4.69) is 0 Å². The third-order valence-corrected chi connectivity index (χ3v) is 2.83. The smallest absolute Gasteiger partial charge is 0.134 e. The molecule has 0 aliphatic carbocycles. The predicted octanol–water partition coefficient (Wildman–Crippen LogP) is 4.50. The van der Waals surface area contributed by atoms with Gasteiger partial charge in [-0.3, -0.25) is 0 Å². The van der Waals surface area contributed by atoms with Gasteiger partial charge in [0.15, 0.2) is 0 Å². The molecule has 0 aromatic heterocycles. The van der Waals surface area contributed by atoms with Gasteiger partial charge in [-0.15, -0.1) is 0 Å². The second-order valence-electron chi connectivity index (χ2n) is 4.36. The summed E-state index contributed by atoms with van der Waals surface area (Å²) in [5, 5.41) is 9.94. The van der Waals surface area contributed by atoms with Crippen LogP contribution in [0.3, 0.4) is 0 Å². The van der Waals surface area contributed by atoms with Crippen molar-refractivity contribution in [2.75, 3.05) is 0 Å². The van der Waals surface area contributed by atoms with Crippen LogP contribution in [0.25, 0.3) is 11.1 Å². The molecule has 0 radical (unpaired) electrons. The Kier molecular flexibility index (Phi) is 3.78. The second-order valence-corrected chi connectivity index (χ2v) is 4.76. The molecule has 3 heteroatoms. The summed E-state index contributed by atoms with van der Waals surface area (Å²) < 4.78 is 5.58. The van der Waals surface area contributed by atoms with Crippen LogP contribution in [0.15, 0.2) is 42.5 Å². The monoisotopic (exact) mass is 262 g/mol. The van der Waals surface area contributed by atoms with E-state index in [9.17, 15) is 5.11 Å². The SMILES string of the molecule is CC(C)Oc1ccc(-c2ccc(Cl)c(O)c2)cc1. The van der Waals surface area contributed by atoms with E-state index in [1.807, 2.05) is 44.2 Å². The Morgan fingerprint density at radius 2 is 1.61 bits per heavy atom. The molecule has 0 atom stereocenters. The maximum Gasteiger partial charge on any atom is 0.134 e. The molecule has 0 saturated heterocycles. The van der Waals surface area contributed by atoms with Crippen molar-refractivity contribution in [3.05, 3.63) is 47.5 Å². The fraction of sp³-hybridized carbons (Fsp3) is 0.200. The highest BCUT2D eigenvalue weighted by molar-refractivity contribution is 6.32. The molecule has 0 heterocycles. The molecule has 18 heavy (non-hydrogen) atoms. The molecule has 2 aromatic rings. The lowest BCUT2D eigenvalue weighted by Crippen LogP contribution is -2.05. The minimum Gasteiger partial charge on any atom is -0.506 e. The van der Waals surface area contributed by atoms with Gasteiger partial charge in [0.2, 0.25) is 0 Å². The number of ether oxygens (including phenoxy) is 1. The van der Waals surface area contributed by atoms with Crippen molar-refractivity contribution in [2.45, 2.75) is 20.0 Å². The Hall–Kier alpha value is -1.67. The fourth-order valence-electron chi connectivity index (χ4n) is 1.69. The average Bonchev–Trinajstić information content (AvgIpc) is 2.33. The van der Waals surface area contributed by atoms with Gasteiger partial charge in [0.25, 0.3) is 0 Å². The van der Waals surface area contributed by atoms with Crippen LogP contribution in [-0.2, 0) is 0 Å². The first kappa shape index (κ1) is 12.8. The van der Waals surface area contributed by atoms with Gasteiger partial charge in [-0.1, -0.05) is 29.8 Å². The minimum absolute atomic E-state index is 0.0941. The summed E-state index contributed by atoms with van der Waals surface area (Å²) in [5.41, 5.74) is 1.94. The summed E-state index contributed by atoms with van der Waals surface area (Å²) in [7, 11) is 0. The predicted molar refractivity (Wildman–Crippen MR) is 74.3 cm³/mol. The summed E-state index contributed by atoms with van der Waals surface area (Å²) in [6, 6.07) is 13.0. The number of phenols is 1. The number of halogens is 1. The number of aromatic hydroxyl groups is 1. The molecule has 2 rings (SSSR count). The maximum atomic E-state index is 9.58. The summed E-state index contributed by atoms with van der Waals surface area (Å²) in [6.07, 6.45) is 0.162. The van der Waals surface area contributed by atoms with Gasteiger partial charge < -0.3 is 9.84 Å². The molecule has 0 spiro atoms. The van der Waals surface area contributed by atoms with Gasteiger partial charge in [-0.2, -0.15) is 0 Å². The average molecular weight is 263 g/mol. The Labute approximate surface area is 112 Å². The molecule has 94 valence electrons. The van der Waals surface area contributed by atoms with Crippen molar-refractivity contribution < 1.29 is 9.84 Å². The molecule has 1 N–H and O–H groups in total. The molecule has 0 amide bonds. The van der Waals surface area contributed by atoms with Crippen molar-refractivity contribution in [1.29, 1.82) is 0 Å². The summed E-state index contributed by atoms with van der Waals surface area (Å²) >= 11 is 5.78. The van der Waals surface area contributed by atoms with Crippen LogP contribution >= 0.6 is 11.6 Å². The minimum atomic E-state index is 0.0941. The normalized spacial score (nSPS) is 10.7. The first-order chi connectivity index (χ1) is 8.56. The first-order valence-corrected chi connectivity index (χ1v) is 6.19. The van der Waals surface area contributed by atoms with E-state index in [0.29, 0.717) is 5.02 Å². The number of hydrogen-bond donors (Lipinski definition) is 1. The Morgan fingerprint density at radius 1 is 1.00 bits per heavy atom. The van der Waals surface area contributed by atoms with Gasteiger partial charge >= 0.3 is 0 Å². The second kappa shape index (κ2) is 5.32. The molecule has 0 aliphatic heterocycles. The lowest BCUT2D eigenvalue weighted by Gasteiger charge is -2.10. The molecule has 2 aromatic carbocycles. The van der Waals surface area contributed by atoms with Crippen molar-refractivity contribution in [3.63, 3.8) is 0 Å². The van der Waals surface area contributed by atoms with Gasteiger partial charge in [0.1, 0.15) is 11.5 Å². The number of rotatable bonds is 3. The van der Waals surface area contributed by atoms with Gasteiger partial charge in [-0.25, -0.2) is 0 Å². The van der Waals surface area contributed by atoms with Crippen LogP contribution in [0.1, 0.15) is 13.8 Å². The molecule has 0 aliphatic rings. The summed E-state index contributed by atoms with van der Waals surface area (Å²) in [5.74, 6) is 0.934. The zero-order valence-corrected chi connectivity index (χ0v) is 11.1. The third-order valence-electron chi connectivity index (χ3n) is 2.51. The van der Waals surface area contributed by atoms with Crippen molar-refractivity contribution >= 4 is 11.6 Å². The lowest BCUT2D eigenvalue weighted by atomic mass is 10.1. The van der Waals surface area contributed by atoms with Crippen LogP contribution < -0.4 is 4.74 Å². The highest BCUT2D eigenvalue weighted by Gasteiger charge is 2.03. The maximum absolute atomic E-state index is 9.58. The van der Waals surface area contributed by atoms with E-state index in [4.69, 9.17) is 16.3 Å². The van der Waals surface area contributed by atoms with Crippen molar-refractivity contribution in [1.82, 2.24) is 0 Å². The lowest BCUT2D eigenvalue weighted by molar-refractivity contribution is 0.242. The fourth-order valence-corrected chi connectivity index (χ4v) is 1.81. The van der Waals surface area contributed by atoms with E-state index in [0.717, 1.165) is 16.9 Å². The Bertz CT molecular complexity index is 533. The van der Waals surface area contributed by atoms with E-state index < -0.39 is 0 Å². The summed E-state index contributed by atoms with van der Waals surface area (Å²) in [6.45, 7) is 3.98. The van der Waals surface area contributed by atoms with Crippen LogP contribution in [0.2, 0.25) is 5.02 Å². The van der Waals surface area contributed by atoms with Gasteiger partial charge in [0.05, 0.1) is 11.1 Å². The molecule has 2 nitrogen and oxygen atoms in total. The van der Waals surface area contributed by atoms with Crippen LogP contribution in [0.5, 0.6) is 11.5 Å². The largest absolute Gasteiger partial charge is 0.506 e. The molecular weight excluding hydrogens is 248 g/mol. The van der Waals surface area contributed by atoms with Crippen molar-refractivity contribution in [3.8, 4) is 22.6 Å². The molecular formula is C15H15ClO2. The Morgan fingerprint density at radius 3 is 2.17 bits per heavy atom. The quantitative estimate of drug-likeness (QED) is 0.882. The van der Waals surface area contributed by atoms with Crippen LogP contribution in [0.4, 0.5) is 0 Å². The Balaban J connectivity index is 2.25. The van der Waals surface area contributed by atoms with Gasteiger partial charge in [-0.05, 0) is 49.2 Å². The van der Waals surface area contributed by atoms with Crippen LogP contribution in [-0.4, -0.2) is 11.2 Å². The van der Waals surface area contributed by atoms with E-state index in [-0.39, 0.29) is 11.9 Å². The molecule has 0 unspecified atom stereocenters. The van der Waals surface area contributed by atoms with E-state index >= 15 is 0 Å². The molecule has 0 fully saturated rings. The van der Waals surface area contributed by atoms with E-state index in [1.165, 1.54) is 0 Å². The molecule has 0 bridgehead atoms. The number of phenolic OH excluding ortho intramolecular Hbond substituents is 1. The summed E-state index contributed by atoms with van der Waals surface area (Å²) in [4.78, 5) is 0. The third kappa shape index (κ3) is 2.96. The number of benzene rings is 2. The van der Waals surface area contributed by atoms with Gasteiger partial charge in [0, 0.05) is 0 Å². The molecule has 0 saturated carbocycles. The zero-order chi connectivity index (χ0) is 13.1. The first-order valence-electron chi connectivity index (χ1n) is 5.82. The highest BCUT2D eigenvalue weighted by atomic mass is 35.5. The number of hydrogen-bond acceptors (Lipinski definition) is 2. The van der Waals surface area contributed by atoms with E-state index in [1.54, 1.807) is 12.1 Å². The van der Waals surface area contributed by atoms with Crippen molar-refractivity contribution in [2.24, 2.45) is 0 Å².